The second kappa shape index (κ2) is 5.91. The Balaban J connectivity index is 2.28. The van der Waals surface area contributed by atoms with E-state index < -0.39 is 0 Å². The maximum atomic E-state index is 5.77. The molecule has 1 rings (SSSR count). The molecule has 1 heterocycles. The van der Waals surface area contributed by atoms with Gasteiger partial charge in [-0.3, -0.25) is 4.98 Å². The highest BCUT2D eigenvalue weighted by Gasteiger charge is 1.93. The van der Waals surface area contributed by atoms with Gasteiger partial charge >= 0.3 is 0 Å². The Bertz CT molecular complexity index is 252. The zero-order chi connectivity index (χ0) is 9.52. The molecule has 0 aliphatic rings. The van der Waals surface area contributed by atoms with Crippen LogP contribution in [-0.2, 0) is 6.54 Å². The lowest BCUT2D eigenvalue weighted by Gasteiger charge is -2.03. The number of nitrogens with two attached hydrogens (primary N) is 1. The number of aromatic nitrogens is 1. The summed E-state index contributed by atoms with van der Waals surface area (Å²) >= 11 is 5.77. The van der Waals surface area contributed by atoms with Crippen molar-refractivity contribution >= 4 is 11.6 Å². The molecule has 0 saturated carbocycles. The maximum absolute atomic E-state index is 5.77. The van der Waals surface area contributed by atoms with E-state index in [0.717, 1.165) is 31.6 Å². The molecule has 0 radical (unpaired) electrons. The van der Waals surface area contributed by atoms with Gasteiger partial charge in [-0.2, -0.15) is 0 Å². The summed E-state index contributed by atoms with van der Waals surface area (Å²) in [6.45, 7) is 2.46. The topological polar surface area (TPSA) is 50.9 Å². The molecule has 4 heteroatoms. The second-order valence-corrected chi connectivity index (χ2v) is 3.27. The van der Waals surface area contributed by atoms with Crippen LogP contribution in [0.3, 0.4) is 0 Å². The molecule has 0 aliphatic heterocycles. The molecule has 0 fully saturated rings. The third-order valence-electron chi connectivity index (χ3n) is 1.65. The molecule has 72 valence electrons. The van der Waals surface area contributed by atoms with Gasteiger partial charge in [-0.1, -0.05) is 11.6 Å². The van der Waals surface area contributed by atoms with E-state index in [1.807, 2.05) is 6.07 Å². The fourth-order valence-electron chi connectivity index (χ4n) is 1.01. The van der Waals surface area contributed by atoms with Crippen molar-refractivity contribution in [1.82, 2.24) is 10.3 Å². The van der Waals surface area contributed by atoms with E-state index in [2.05, 4.69) is 10.3 Å². The average Bonchev–Trinajstić information content (AvgIpc) is 2.13. The van der Waals surface area contributed by atoms with Gasteiger partial charge in [0.2, 0.25) is 0 Å². The Kier molecular flexibility index (Phi) is 4.75. The zero-order valence-corrected chi connectivity index (χ0v) is 8.22. The van der Waals surface area contributed by atoms with Gasteiger partial charge in [0.1, 0.15) is 0 Å². The van der Waals surface area contributed by atoms with Crippen molar-refractivity contribution in [2.45, 2.75) is 13.0 Å². The van der Waals surface area contributed by atoms with Gasteiger partial charge < -0.3 is 11.1 Å². The Morgan fingerprint density at radius 2 is 2.31 bits per heavy atom. The molecule has 0 amide bonds. The average molecular weight is 200 g/mol. The monoisotopic (exact) mass is 199 g/mol. The van der Waals surface area contributed by atoms with Gasteiger partial charge in [-0.15, -0.1) is 0 Å². The van der Waals surface area contributed by atoms with E-state index in [4.69, 9.17) is 17.3 Å². The van der Waals surface area contributed by atoms with Crippen LogP contribution >= 0.6 is 11.6 Å². The first-order chi connectivity index (χ1) is 6.33. The quantitative estimate of drug-likeness (QED) is 0.701. The van der Waals surface area contributed by atoms with Gasteiger partial charge in [0.15, 0.2) is 0 Å². The highest BCUT2D eigenvalue weighted by Crippen LogP contribution is 2.07. The van der Waals surface area contributed by atoms with E-state index in [1.165, 1.54) is 0 Å². The van der Waals surface area contributed by atoms with Crippen LogP contribution in [0.1, 0.15) is 12.0 Å². The minimum absolute atomic E-state index is 0.679. The van der Waals surface area contributed by atoms with Crippen LogP contribution in [0.5, 0.6) is 0 Å². The Labute approximate surface area is 83.3 Å². The molecule has 13 heavy (non-hydrogen) atoms. The Hall–Kier alpha value is -0.640. The maximum Gasteiger partial charge on any atom is 0.0592 e. The van der Waals surface area contributed by atoms with E-state index in [-0.39, 0.29) is 0 Å². The first-order valence-electron chi connectivity index (χ1n) is 4.33. The number of pyridine rings is 1. The van der Waals surface area contributed by atoms with Gasteiger partial charge in [0, 0.05) is 18.9 Å². The van der Waals surface area contributed by atoms with Crippen molar-refractivity contribution in [3.63, 3.8) is 0 Å². The number of hydrogen-bond acceptors (Lipinski definition) is 3. The van der Waals surface area contributed by atoms with Crippen LogP contribution in [0.25, 0.3) is 0 Å². The summed E-state index contributed by atoms with van der Waals surface area (Å²) in [5, 5.41) is 3.93. The van der Waals surface area contributed by atoms with Crippen LogP contribution in [0.15, 0.2) is 18.5 Å². The summed E-state index contributed by atoms with van der Waals surface area (Å²) in [6.07, 6.45) is 4.43. The van der Waals surface area contributed by atoms with Gasteiger partial charge in [0.05, 0.1) is 5.02 Å². The van der Waals surface area contributed by atoms with Crippen molar-refractivity contribution in [2.24, 2.45) is 5.73 Å². The summed E-state index contributed by atoms with van der Waals surface area (Å²) in [5.41, 5.74) is 6.46. The SMILES string of the molecule is NCCCNCc1cncc(Cl)c1. The summed E-state index contributed by atoms with van der Waals surface area (Å²) in [5.74, 6) is 0. The fraction of sp³-hybridized carbons (Fsp3) is 0.444. The van der Waals surface area contributed by atoms with Crippen LogP contribution in [0, 0.1) is 0 Å². The molecule has 0 saturated heterocycles. The van der Waals surface area contributed by atoms with Gasteiger partial charge in [-0.25, -0.2) is 0 Å². The predicted octanol–water partition coefficient (Wildman–Crippen LogP) is 1.17. The summed E-state index contributed by atoms with van der Waals surface area (Å²) in [7, 11) is 0. The number of nitrogens with one attached hydrogen (secondary N) is 1. The zero-order valence-electron chi connectivity index (χ0n) is 7.46. The molecular weight excluding hydrogens is 186 g/mol. The molecule has 3 nitrogen and oxygen atoms in total. The van der Waals surface area contributed by atoms with Crippen molar-refractivity contribution in [3.05, 3.63) is 29.0 Å². The lowest BCUT2D eigenvalue weighted by molar-refractivity contribution is 0.654. The first-order valence-corrected chi connectivity index (χ1v) is 4.71. The summed E-state index contributed by atoms with van der Waals surface area (Å²) < 4.78 is 0. The van der Waals surface area contributed by atoms with E-state index >= 15 is 0 Å². The largest absolute Gasteiger partial charge is 0.330 e. The smallest absolute Gasteiger partial charge is 0.0592 e. The second-order valence-electron chi connectivity index (χ2n) is 2.83. The molecule has 1 aromatic rings. The van der Waals surface area contributed by atoms with Gasteiger partial charge in [-0.05, 0) is 31.1 Å². The van der Waals surface area contributed by atoms with Crippen molar-refractivity contribution in [2.75, 3.05) is 13.1 Å². The molecule has 1 aromatic heterocycles. The van der Waals surface area contributed by atoms with Crippen LogP contribution in [-0.4, -0.2) is 18.1 Å². The van der Waals surface area contributed by atoms with E-state index in [9.17, 15) is 0 Å². The third-order valence-corrected chi connectivity index (χ3v) is 1.86. The standard InChI is InChI=1S/C9H14ClN3/c10-9-4-8(6-13-7-9)5-12-3-1-2-11/h4,6-7,12H,1-3,5,11H2. The minimum atomic E-state index is 0.679. The summed E-state index contributed by atoms with van der Waals surface area (Å²) in [6, 6.07) is 1.91. The molecule has 0 aromatic carbocycles. The van der Waals surface area contributed by atoms with Crippen LogP contribution in [0.4, 0.5) is 0 Å². The fourth-order valence-corrected chi connectivity index (χ4v) is 1.21. The van der Waals surface area contributed by atoms with Crippen molar-refractivity contribution in [3.8, 4) is 0 Å². The lowest BCUT2D eigenvalue weighted by Crippen LogP contribution is -2.17. The van der Waals surface area contributed by atoms with E-state index in [1.54, 1.807) is 12.4 Å². The number of halogens is 1. The normalized spacial score (nSPS) is 10.3. The van der Waals surface area contributed by atoms with Crippen molar-refractivity contribution in [1.29, 1.82) is 0 Å². The number of hydrogen-bond donors (Lipinski definition) is 2. The molecule has 3 N–H and O–H groups in total. The molecule has 0 spiro atoms. The number of rotatable bonds is 5. The highest BCUT2D eigenvalue weighted by molar-refractivity contribution is 6.30. The Morgan fingerprint density at radius 1 is 1.46 bits per heavy atom. The molecule has 0 unspecified atom stereocenters. The highest BCUT2D eigenvalue weighted by atomic mass is 35.5. The first kappa shape index (κ1) is 10.4. The van der Waals surface area contributed by atoms with Gasteiger partial charge in [0.25, 0.3) is 0 Å². The molecule has 0 atom stereocenters. The molecule has 0 bridgehead atoms. The molecule has 0 aliphatic carbocycles. The predicted molar refractivity (Wildman–Crippen MR) is 54.6 cm³/mol. The van der Waals surface area contributed by atoms with Crippen LogP contribution in [0.2, 0.25) is 5.02 Å². The third kappa shape index (κ3) is 4.22. The van der Waals surface area contributed by atoms with E-state index in [0.29, 0.717) is 5.02 Å². The van der Waals surface area contributed by atoms with Crippen molar-refractivity contribution < 1.29 is 0 Å². The minimum Gasteiger partial charge on any atom is -0.330 e. The van der Waals surface area contributed by atoms with Crippen LogP contribution < -0.4 is 11.1 Å². The lowest BCUT2D eigenvalue weighted by atomic mass is 10.3. The Morgan fingerprint density at radius 3 is 3.00 bits per heavy atom. The summed E-state index contributed by atoms with van der Waals surface area (Å²) in [4.78, 5) is 3.99. The number of nitrogens with zero attached hydrogens (tertiary/aromatic N) is 1. The molecular formula is C9H14ClN3.